The summed E-state index contributed by atoms with van der Waals surface area (Å²) in [7, 11) is 0. The lowest BCUT2D eigenvalue weighted by atomic mass is 10.1. The Kier molecular flexibility index (Phi) is 5.47. The van der Waals surface area contributed by atoms with Crippen LogP contribution in [0, 0.1) is 0 Å². The van der Waals surface area contributed by atoms with Crippen LogP contribution in [-0.2, 0) is 17.4 Å². The highest BCUT2D eigenvalue weighted by atomic mass is 32.1. The average Bonchev–Trinajstić information content (AvgIpc) is 3.29. The number of carbonyl (C=O) groups excluding carboxylic acids is 2. The Morgan fingerprint density at radius 3 is 2.52 bits per heavy atom. The van der Waals surface area contributed by atoms with Crippen LogP contribution in [0.4, 0.5) is 24.5 Å². The summed E-state index contributed by atoms with van der Waals surface area (Å²) in [5, 5.41) is 7.03. The predicted molar refractivity (Wildman–Crippen MR) is 111 cm³/mol. The van der Waals surface area contributed by atoms with E-state index < -0.39 is 17.6 Å². The summed E-state index contributed by atoms with van der Waals surface area (Å²) >= 11 is 1.46. The van der Waals surface area contributed by atoms with E-state index in [0.29, 0.717) is 11.4 Å². The molecule has 2 aromatic heterocycles. The van der Waals surface area contributed by atoms with Gasteiger partial charge in [0.15, 0.2) is 4.96 Å². The SMILES string of the molecule is O=C(Cc1cn2ccsc2n1)Nc1cccc(C(=O)Nc2cccc(C(F)(F)F)c2)c1. The minimum atomic E-state index is -4.50. The predicted octanol–water partition coefficient (Wildman–Crippen LogP) is 4.85. The van der Waals surface area contributed by atoms with Gasteiger partial charge in [-0.1, -0.05) is 12.1 Å². The number of imidazole rings is 1. The van der Waals surface area contributed by atoms with Crippen molar-refractivity contribution in [2.24, 2.45) is 0 Å². The van der Waals surface area contributed by atoms with Crippen molar-refractivity contribution in [1.82, 2.24) is 9.38 Å². The van der Waals surface area contributed by atoms with E-state index in [1.54, 1.807) is 18.3 Å². The molecule has 2 amide bonds. The zero-order valence-electron chi connectivity index (χ0n) is 15.8. The van der Waals surface area contributed by atoms with Crippen LogP contribution in [0.5, 0.6) is 0 Å². The number of alkyl halides is 3. The fourth-order valence-electron chi connectivity index (χ4n) is 2.95. The number of fused-ring (bicyclic) bond motifs is 1. The molecule has 10 heteroatoms. The molecule has 0 unspecified atom stereocenters. The Balaban J connectivity index is 1.42. The highest BCUT2D eigenvalue weighted by Crippen LogP contribution is 2.30. The molecule has 2 heterocycles. The number of hydrogen-bond acceptors (Lipinski definition) is 4. The first-order chi connectivity index (χ1) is 14.8. The Morgan fingerprint density at radius 2 is 1.77 bits per heavy atom. The number of halogens is 3. The third-order valence-corrected chi connectivity index (χ3v) is 5.11. The fraction of sp³-hybridized carbons (Fsp3) is 0.0952. The summed E-state index contributed by atoms with van der Waals surface area (Å²) in [5.74, 6) is -0.897. The molecule has 0 aliphatic carbocycles. The van der Waals surface area contributed by atoms with Crippen molar-refractivity contribution in [3.05, 3.63) is 83.1 Å². The summed E-state index contributed by atoms with van der Waals surface area (Å²) in [4.78, 5) is 29.9. The van der Waals surface area contributed by atoms with E-state index in [4.69, 9.17) is 0 Å². The van der Waals surface area contributed by atoms with Gasteiger partial charge in [-0.05, 0) is 36.4 Å². The van der Waals surface area contributed by atoms with Crippen molar-refractivity contribution in [3.8, 4) is 0 Å². The van der Waals surface area contributed by atoms with Gasteiger partial charge in [-0.2, -0.15) is 13.2 Å². The molecule has 31 heavy (non-hydrogen) atoms. The van der Waals surface area contributed by atoms with Gasteiger partial charge < -0.3 is 10.6 Å². The molecule has 2 N–H and O–H groups in total. The maximum Gasteiger partial charge on any atom is 0.416 e. The molecule has 4 aromatic rings. The summed E-state index contributed by atoms with van der Waals surface area (Å²) in [5.41, 5.74) is 0.364. The standard InChI is InChI=1S/C21H15F3N4O2S/c22-21(23,24)14-4-2-6-16(10-14)26-19(30)13-3-1-5-15(9-13)25-18(29)11-17-12-28-7-8-31-20(28)27-17/h1-10,12H,11H2,(H,25,29)(H,26,30). The Hall–Kier alpha value is -3.66. The number of anilines is 2. The number of nitrogens with one attached hydrogen (secondary N) is 2. The van der Waals surface area contributed by atoms with Crippen LogP contribution >= 0.6 is 11.3 Å². The third kappa shape index (κ3) is 4.92. The van der Waals surface area contributed by atoms with Gasteiger partial charge >= 0.3 is 6.18 Å². The number of amides is 2. The van der Waals surface area contributed by atoms with Crippen molar-refractivity contribution < 1.29 is 22.8 Å². The highest BCUT2D eigenvalue weighted by molar-refractivity contribution is 7.15. The summed E-state index contributed by atoms with van der Waals surface area (Å²) in [6.07, 6.45) is -0.824. The lowest BCUT2D eigenvalue weighted by Crippen LogP contribution is -2.16. The van der Waals surface area contributed by atoms with Gasteiger partial charge in [-0.25, -0.2) is 4.98 Å². The van der Waals surface area contributed by atoms with Crippen molar-refractivity contribution in [1.29, 1.82) is 0 Å². The quantitative estimate of drug-likeness (QED) is 0.462. The number of hydrogen-bond donors (Lipinski definition) is 2. The average molecular weight is 444 g/mol. The molecular formula is C21H15F3N4O2S. The lowest BCUT2D eigenvalue weighted by Gasteiger charge is -2.11. The van der Waals surface area contributed by atoms with E-state index in [-0.39, 0.29) is 23.6 Å². The Labute approximate surface area is 178 Å². The highest BCUT2D eigenvalue weighted by Gasteiger charge is 2.30. The zero-order valence-corrected chi connectivity index (χ0v) is 16.6. The van der Waals surface area contributed by atoms with Crippen molar-refractivity contribution >= 4 is 39.5 Å². The first-order valence-electron chi connectivity index (χ1n) is 9.07. The lowest BCUT2D eigenvalue weighted by molar-refractivity contribution is -0.137. The third-order valence-electron chi connectivity index (χ3n) is 4.34. The van der Waals surface area contributed by atoms with Gasteiger partial charge in [0.05, 0.1) is 17.7 Å². The van der Waals surface area contributed by atoms with Gasteiger partial charge in [0.25, 0.3) is 5.91 Å². The van der Waals surface area contributed by atoms with Gasteiger partial charge in [0.2, 0.25) is 5.91 Å². The molecule has 6 nitrogen and oxygen atoms in total. The molecule has 0 aliphatic rings. The molecule has 0 fully saturated rings. The maximum atomic E-state index is 12.8. The molecule has 0 aliphatic heterocycles. The summed E-state index contributed by atoms with van der Waals surface area (Å²) in [6.45, 7) is 0. The van der Waals surface area contributed by atoms with E-state index >= 15 is 0 Å². The molecule has 0 saturated carbocycles. The van der Waals surface area contributed by atoms with E-state index in [1.807, 2.05) is 16.0 Å². The monoisotopic (exact) mass is 444 g/mol. The maximum absolute atomic E-state index is 12.8. The molecule has 0 radical (unpaired) electrons. The number of aromatic nitrogens is 2. The molecule has 0 saturated heterocycles. The second-order valence-corrected chi connectivity index (χ2v) is 7.54. The van der Waals surface area contributed by atoms with Gasteiger partial charge in [0.1, 0.15) is 0 Å². The Bertz CT molecular complexity index is 1230. The summed E-state index contributed by atoms with van der Waals surface area (Å²) in [6, 6.07) is 10.5. The first kappa shape index (κ1) is 20.6. The number of nitrogens with zero attached hydrogens (tertiary/aromatic N) is 2. The van der Waals surface area contributed by atoms with Gasteiger partial charge in [-0.3, -0.25) is 14.0 Å². The molecule has 2 aromatic carbocycles. The smallest absolute Gasteiger partial charge is 0.326 e. The van der Waals surface area contributed by atoms with Crippen LogP contribution < -0.4 is 10.6 Å². The van der Waals surface area contributed by atoms with Gasteiger partial charge in [0, 0.05) is 34.7 Å². The molecule has 4 rings (SSSR count). The topological polar surface area (TPSA) is 75.5 Å². The van der Waals surface area contributed by atoms with Gasteiger partial charge in [-0.15, -0.1) is 11.3 Å². The van der Waals surface area contributed by atoms with Crippen LogP contribution in [-0.4, -0.2) is 21.2 Å². The van der Waals surface area contributed by atoms with E-state index in [1.165, 1.54) is 35.6 Å². The van der Waals surface area contributed by atoms with Crippen LogP contribution in [0.2, 0.25) is 0 Å². The van der Waals surface area contributed by atoms with Crippen molar-refractivity contribution in [2.45, 2.75) is 12.6 Å². The van der Waals surface area contributed by atoms with E-state index in [2.05, 4.69) is 15.6 Å². The van der Waals surface area contributed by atoms with Crippen LogP contribution in [0.15, 0.2) is 66.3 Å². The van der Waals surface area contributed by atoms with E-state index in [0.717, 1.165) is 17.1 Å². The second kappa shape index (κ2) is 8.23. The van der Waals surface area contributed by atoms with Crippen LogP contribution in [0.25, 0.3) is 4.96 Å². The fourth-order valence-corrected chi connectivity index (χ4v) is 3.66. The minimum Gasteiger partial charge on any atom is -0.326 e. The van der Waals surface area contributed by atoms with Crippen LogP contribution in [0.3, 0.4) is 0 Å². The van der Waals surface area contributed by atoms with Crippen LogP contribution in [0.1, 0.15) is 21.6 Å². The number of thiazole rings is 1. The molecule has 0 spiro atoms. The van der Waals surface area contributed by atoms with E-state index in [9.17, 15) is 22.8 Å². The van der Waals surface area contributed by atoms with Crippen molar-refractivity contribution in [2.75, 3.05) is 10.6 Å². The molecule has 158 valence electrons. The normalized spacial score (nSPS) is 11.5. The minimum absolute atomic E-state index is 0.0222. The molecular weight excluding hydrogens is 429 g/mol. The first-order valence-corrected chi connectivity index (χ1v) is 9.95. The number of carbonyl (C=O) groups is 2. The zero-order chi connectivity index (χ0) is 22.0. The Morgan fingerprint density at radius 1 is 1.03 bits per heavy atom. The number of rotatable bonds is 5. The molecule has 0 atom stereocenters. The molecule has 0 bridgehead atoms. The second-order valence-electron chi connectivity index (χ2n) is 6.66. The largest absolute Gasteiger partial charge is 0.416 e. The van der Waals surface area contributed by atoms with Crippen molar-refractivity contribution in [3.63, 3.8) is 0 Å². The summed E-state index contributed by atoms with van der Waals surface area (Å²) < 4.78 is 40.4. The number of benzene rings is 2.